The monoisotopic (exact) mass is 458 g/mol. The van der Waals surface area contributed by atoms with Crippen LogP contribution in [0.1, 0.15) is 18.4 Å². The number of nitrogens with one attached hydrogen (secondary N) is 1. The highest BCUT2D eigenvalue weighted by atomic mass is 35.5. The van der Waals surface area contributed by atoms with Crippen molar-refractivity contribution in [2.24, 2.45) is 5.92 Å². The van der Waals surface area contributed by atoms with Gasteiger partial charge < -0.3 is 5.32 Å². The van der Waals surface area contributed by atoms with Crippen molar-refractivity contribution in [1.82, 2.24) is 9.62 Å². The molecule has 29 heavy (non-hydrogen) atoms. The molecule has 1 unspecified atom stereocenters. The van der Waals surface area contributed by atoms with Crippen molar-refractivity contribution < 1.29 is 17.6 Å². The number of carbonyl (C=O) groups is 1. The third kappa shape index (κ3) is 5.28. The third-order valence-corrected chi connectivity index (χ3v) is 7.67. The zero-order valence-corrected chi connectivity index (χ0v) is 17.9. The van der Waals surface area contributed by atoms with Crippen LogP contribution >= 0.6 is 23.2 Å². The molecule has 2 aromatic carbocycles. The quantitative estimate of drug-likeness (QED) is 0.713. The number of piperidine rings is 1. The molecule has 1 atom stereocenters. The van der Waals surface area contributed by atoms with Crippen molar-refractivity contribution >= 4 is 39.1 Å². The zero-order chi connectivity index (χ0) is 21.0. The lowest BCUT2D eigenvalue weighted by atomic mass is 9.99. The number of rotatable bonds is 6. The van der Waals surface area contributed by atoms with Gasteiger partial charge in [-0.3, -0.25) is 4.79 Å². The van der Waals surface area contributed by atoms with E-state index in [0.29, 0.717) is 42.4 Å². The van der Waals surface area contributed by atoms with Gasteiger partial charge in [0.25, 0.3) is 0 Å². The zero-order valence-electron chi connectivity index (χ0n) is 15.6. The Morgan fingerprint density at radius 3 is 2.62 bits per heavy atom. The Kier molecular flexibility index (Phi) is 7.16. The molecule has 156 valence electrons. The molecule has 1 fully saturated rings. The number of carbonyl (C=O) groups excluding carboxylic acids is 1. The Labute approximate surface area is 179 Å². The van der Waals surface area contributed by atoms with Crippen LogP contribution in [0.25, 0.3) is 0 Å². The van der Waals surface area contributed by atoms with E-state index < -0.39 is 21.8 Å². The first kappa shape index (κ1) is 22.0. The van der Waals surface area contributed by atoms with Crippen LogP contribution in [0.5, 0.6) is 0 Å². The van der Waals surface area contributed by atoms with Gasteiger partial charge in [0.1, 0.15) is 5.82 Å². The summed E-state index contributed by atoms with van der Waals surface area (Å²) in [5.41, 5.74) is 0.837. The highest BCUT2D eigenvalue weighted by molar-refractivity contribution is 7.89. The van der Waals surface area contributed by atoms with E-state index in [1.807, 2.05) is 6.07 Å². The summed E-state index contributed by atoms with van der Waals surface area (Å²) in [6, 6.07) is 10.0. The number of amides is 1. The second-order valence-electron chi connectivity index (χ2n) is 6.91. The Bertz CT molecular complexity index is 984. The van der Waals surface area contributed by atoms with Crippen molar-refractivity contribution in [3.8, 4) is 0 Å². The Morgan fingerprint density at radius 1 is 1.17 bits per heavy atom. The molecule has 1 heterocycles. The van der Waals surface area contributed by atoms with Gasteiger partial charge in [0, 0.05) is 19.6 Å². The molecule has 0 radical (unpaired) electrons. The van der Waals surface area contributed by atoms with Gasteiger partial charge in [0.05, 0.1) is 20.9 Å². The fraction of sp³-hybridized carbons (Fsp3) is 0.350. The maximum atomic E-state index is 13.1. The molecule has 1 aliphatic rings. The van der Waals surface area contributed by atoms with Crippen molar-refractivity contribution in [3.05, 3.63) is 63.9 Å². The minimum Gasteiger partial charge on any atom is -0.355 e. The molecule has 1 saturated heterocycles. The van der Waals surface area contributed by atoms with E-state index in [0.717, 1.165) is 17.7 Å². The van der Waals surface area contributed by atoms with Crippen molar-refractivity contribution in [1.29, 1.82) is 0 Å². The summed E-state index contributed by atoms with van der Waals surface area (Å²) in [5.74, 6) is -1.13. The van der Waals surface area contributed by atoms with Gasteiger partial charge in [-0.2, -0.15) is 4.31 Å². The molecule has 0 aliphatic carbocycles. The average Bonchev–Trinajstić information content (AvgIpc) is 2.71. The van der Waals surface area contributed by atoms with E-state index in [-0.39, 0.29) is 17.3 Å². The number of hydrogen-bond acceptors (Lipinski definition) is 3. The van der Waals surface area contributed by atoms with Crippen LogP contribution in [0.2, 0.25) is 10.0 Å². The van der Waals surface area contributed by atoms with Crippen LogP contribution in [0, 0.1) is 11.7 Å². The molecule has 0 spiro atoms. The molecule has 0 aromatic heterocycles. The summed E-state index contributed by atoms with van der Waals surface area (Å²) in [4.78, 5) is 12.6. The molecule has 1 aliphatic heterocycles. The Morgan fingerprint density at radius 2 is 1.90 bits per heavy atom. The lowest BCUT2D eigenvalue weighted by Gasteiger charge is -2.31. The van der Waals surface area contributed by atoms with E-state index in [4.69, 9.17) is 23.2 Å². The number of benzene rings is 2. The van der Waals surface area contributed by atoms with Crippen LogP contribution < -0.4 is 5.32 Å². The first-order valence-electron chi connectivity index (χ1n) is 9.25. The van der Waals surface area contributed by atoms with Crippen molar-refractivity contribution in [3.63, 3.8) is 0 Å². The molecule has 0 bridgehead atoms. The van der Waals surface area contributed by atoms with E-state index in [9.17, 15) is 17.6 Å². The first-order valence-corrected chi connectivity index (χ1v) is 11.4. The van der Waals surface area contributed by atoms with Crippen LogP contribution in [-0.4, -0.2) is 38.3 Å². The highest BCUT2D eigenvalue weighted by Gasteiger charge is 2.33. The number of sulfonamides is 1. The van der Waals surface area contributed by atoms with Crippen molar-refractivity contribution in [2.75, 3.05) is 19.6 Å². The lowest BCUT2D eigenvalue weighted by molar-refractivity contribution is -0.126. The summed E-state index contributed by atoms with van der Waals surface area (Å²) in [6.07, 6.45) is 1.72. The molecule has 9 heteroatoms. The number of halogens is 3. The van der Waals surface area contributed by atoms with Gasteiger partial charge >= 0.3 is 0 Å². The molecular weight excluding hydrogens is 438 g/mol. The summed E-state index contributed by atoms with van der Waals surface area (Å²) in [6.45, 7) is 0.811. The largest absolute Gasteiger partial charge is 0.355 e. The Balaban J connectivity index is 1.59. The van der Waals surface area contributed by atoms with Gasteiger partial charge in [-0.15, -0.1) is 0 Å². The predicted octanol–water partition coefficient (Wildman–Crippen LogP) is 3.89. The fourth-order valence-electron chi connectivity index (χ4n) is 3.34. The minimum atomic E-state index is -3.76. The highest BCUT2D eigenvalue weighted by Crippen LogP contribution is 2.26. The van der Waals surface area contributed by atoms with E-state index >= 15 is 0 Å². The van der Waals surface area contributed by atoms with Gasteiger partial charge in [-0.25, -0.2) is 12.8 Å². The summed E-state index contributed by atoms with van der Waals surface area (Å²) in [5, 5.41) is 3.79. The maximum absolute atomic E-state index is 13.1. The standard InChI is InChI=1S/C20H21Cl2FN2O3S/c21-18-5-1-3-14(19(18)22)10-11-24-20(26)15-4-2-12-25(13-15)29(27,28)17-8-6-16(23)7-9-17/h1,3,5-9,15H,2,4,10-13H2,(H,24,26). The van der Waals surface area contributed by atoms with E-state index in [1.54, 1.807) is 12.1 Å². The summed E-state index contributed by atoms with van der Waals surface area (Å²) < 4.78 is 39.9. The van der Waals surface area contributed by atoms with E-state index in [1.165, 1.54) is 16.4 Å². The summed E-state index contributed by atoms with van der Waals surface area (Å²) in [7, 11) is -3.76. The van der Waals surface area contributed by atoms with Crippen LogP contribution in [-0.2, 0) is 21.2 Å². The SMILES string of the molecule is O=C(NCCc1cccc(Cl)c1Cl)C1CCCN(S(=O)(=O)c2ccc(F)cc2)C1. The Hall–Kier alpha value is -1.67. The third-order valence-electron chi connectivity index (χ3n) is 4.93. The summed E-state index contributed by atoms with van der Waals surface area (Å²) >= 11 is 12.1. The maximum Gasteiger partial charge on any atom is 0.243 e. The van der Waals surface area contributed by atoms with E-state index in [2.05, 4.69) is 5.32 Å². The topological polar surface area (TPSA) is 66.5 Å². The smallest absolute Gasteiger partial charge is 0.243 e. The molecule has 0 saturated carbocycles. The van der Waals surface area contributed by atoms with Gasteiger partial charge in [-0.05, 0) is 55.2 Å². The lowest BCUT2D eigenvalue weighted by Crippen LogP contribution is -2.45. The van der Waals surface area contributed by atoms with Crippen LogP contribution in [0.4, 0.5) is 4.39 Å². The first-order chi connectivity index (χ1) is 13.8. The molecule has 1 amide bonds. The molecular formula is C20H21Cl2FN2O3S. The van der Waals surface area contributed by atoms with Crippen LogP contribution in [0.3, 0.4) is 0 Å². The molecule has 2 aromatic rings. The van der Waals surface area contributed by atoms with Crippen molar-refractivity contribution in [2.45, 2.75) is 24.2 Å². The fourth-order valence-corrected chi connectivity index (χ4v) is 5.28. The second-order valence-corrected chi connectivity index (χ2v) is 9.63. The van der Waals surface area contributed by atoms with Crippen LogP contribution in [0.15, 0.2) is 47.4 Å². The second kappa shape index (κ2) is 9.43. The normalized spacial score (nSPS) is 17.8. The van der Waals surface area contributed by atoms with Gasteiger partial charge in [0.2, 0.25) is 15.9 Å². The molecule has 3 rings (SSSR count). The molecule has 5 nitrogen and oxygen atoms in total. The van der Waals surface area contributed by atoms with Gasteiger partial charge in [0.15, 0.2) is 0 Å². The molecule has 1 N–H and O–H groups in total. The van der Waals surface area contributed by atoms with Gasteiger partial charge in [-0.1, -0.05) is 35.3 Å². The predicted molar refractivity (Wildman–Crippen MR) is 111 cm³/mol. The number of hydrogen-bond donors (Lipinski definition) is 1. The minimum absolute atomic E-state index is 0.0237. The average molecular weight is 459 g/mol. The number of nitrogens with zero attached hydrogens (tertiary/aromatic N) is 1.